The second-order valence-corrected chi connectivity index (χ2v) is 2.79. The standard InChI is InChI=1S/C7H5ClF2N2O2/c8-2-1-12-5(6(9)10)3(4(2)11)7(13)14/h1,6H,(H2,11,12)(H,13,14). The lowest BCUT2D eigenvalue weighted by molar-refractivity contribution is 0.0683. The first-order chi connectivity index (χ1) is 6.45. The highest BCUT2D eigenvalue weighted by molar-refractivity contribution is 6.33. The number of halogens is 3. The number of carboxylic acid groups (broad SMARTS) is 1. The summed E-state index contributed by atoms with van der Waals surface area (Å²) in [5.41, 5.74) is 3.22. The van der Waals surface area contributed by atoms with Gasteiger partial charge in [0.15, 0.2) is 0 Å². The molecule has 0 radical (unpaired) electrons. The molecule has 0 atom stereocenters. The number of carbonyl (C=O) groups is 1. The van der Waals surface area contributed by atoms with Gasteiger partial charge in [-0.3, -0.25) is 4.98 Å². The van der Waals surface area contributed by atoms with Crippen molar-refractivity contribution in [3.8, 4) is 0 Å². The van der Waals surface area contributed by atoms with Crippen molar-refractivity contribution in [2.75, 3.05) is 5.73 Å². The molecule has 0 aliphatic heterocycles. The van der Waals surface area contributed by atoms with E-state index in [0.717, 1.165) is 6.20 Å². The van der Waals surface area contributed by atoms with Gasteiger partial charge >= 0.3 is 5.97 Å². The van der Waals surface area contributed by atoms with Gasteiger partial charge in [0.25, 0.3) is 6.43 Å². The van der Waals surface area contributed by atoms with Gasteiger partial charge in [0.05, 0.1) is 10.7 Å². The summed E-state index contributed by atoms with van der Waals surface area (Å²) < 4.78 is 24.6. The highest BCUT2D eigenvalue weighted by atomic mass is 35.5. The fourth-order valence-corrected chi connectivity index (χ4v) is 1.05. The molecule has 1 aromatic rings. The maximum atomic E-state index is 12.3. The molecular formula is C7H5ClF2N2O2. The van der Waals surface area contributed by atoms with Gasteiger partial charge < -0.3 is 10.8 Å². The van der Waals surface area contributed by atoms with E-state index in [1.807, 2.05) is 0 Å². The summed E-state index contributed by atoms with van der Waals surface area (Å²) >= 11 is 5.44. The number of nitrogens with zero attached hydrogens (tertiary/aromatic N) is 1. The minimum Gasteiger partial charge on any atom is -0.478 e. The molecule has 1 rings (SSSR count). The molecule has 0 unspecified atom stereocenters. The third-order valence-electron chi connectivity index (χ3n) is 1.52. The van der Waals surface area contributed by atoms with Crippen LogP contribution in [0, 0.1) is 0 Å². The van der Waals surface area contributed by atoms with Crippen molar-refractivity contribution in [1.82, 2.24) is 4.98 Å². The second-order valence-electron chi connectivity index (χ2n) is 2.39. The number of anilines is 1. The molecule has 3 N–H and O–H groups in total. The van der Waals surface area contributed by atoms with E-state index >= 15 is 0 Å². The van der Waals surface area contributed by atoms with Gasteiger partial charge in [-0.15, -0.1) is 0 Å². The van der Waals surface area contributed by atoms with Gasteiger partial charge in [-0.05, 0) is 0 Å². The molecule has 0 fully saturated rings. The molecule has 76 valence electrons. The minimum atomic E-state index is -3.00. The topological polar surface area (TPSA) is 76.2 Å². The number of carboxylic acids is 1. The van der Waals surface area contributed by atoms with Crippen molar-refractivity contribution < 1.29 is 18.7 Å². The number of nitrogen functional groups attached to an aromatic ring is 1. The summed E-state index contributed by atoms with van der Waals surface area (Å²) in [7, 11) is 0. The Hall–Kier alpha value is -1.43. The fourth-order valence-electron chi connectivity index (χ4n) is 0.908. The molecule has 0 spiro atoms. The molecule has 0 aromatic carbocycles. The molecule has 0 aliphatic carbocycles. The van der Waals surface area contributed by atoms with Crippen LogP contribution in [0.2, 0.25) is 5.02 Å². The zero-order valence-electron chi connectivity index (χ0n) is 6.67. The molecule has 0 amide bonds. The van der Waals surface area contributed by atoms with E-state index < -0.39 is 29.3 Å². The number of nitrogens with two attached hydrogens (primary N) is 1. The van der Waals surface area contributed by atoms with E-state index in [0.29, 0.717) is 0 Å². The van der Waals surface area contributed by atoms with Crippen LogP contribution in [0.25, 0.3) is 0 Å². The van der Waals surface area contributed by atoms with E-state index in [4.69, 9.17) is 22.4 Å². The van der Waals surface area contributed by atoms with Crippen LogP contribution in [0.15, 0.2) is 6.20 Å². The van der Waals surface area contributed by atoms with E-state index in [1.165, 1.54) is 0 Å². The predicted octanol–water partition coefficient (Wildman–Crippen LogP) is 1.95. The monoisotopic (exact) mass is 222 g/mol. The first-order valence-corrected chi connectivity index (χ1v) is 3.78. The second kappa shape index (κ2) is 3.75. The lowest BCUT2D eigenvalue weighted by Gasteiger charge is -2.07. The number of hydrogen-bond acceptors (Lipinski definition) is 3. The van der Waals surface area contributed by atoms with Crippen molar-refractivity contribution in [3.63, 3.8) is 0 Å². The summed E-state index contributed by atoms with van der Waals surface area (Å²) in [4.78, 5) is 13.8. The Morgan fingerprint density at radius 1 is 1.64 bits per heavy atom. The Bertz CT molecular complexity index is 384. The van der Waals surface area contributed by atoms with Crippen LogP contribution in [0.1, 0.15) is 22.5 Å². The average molecular weight is 223 g/mol. The summed E-state index contributed by atoms with van der Waals surface area (Å²) in [5.74, 6) is -1.58. The van der Waals surface area contributed by atoms with Gasteiger partial charge in [-0.2, -0.15) is 0 Å². The molecule has 0 bridgehead atoms. The molecular weight excluding hydrogens is 218 g/mol. The van der Waals surface area contributed by atoms with Crippen LogP contribution < -0.4 is 5.73 Å². The number of hydrogen-bond donors (Lipinski definition) is 2. The molecule has 7 heteroatoms. The molecule has 0 saturated heterocycles. The Morgan fingerprint density at radius 2 is 2.21 bits per heavy atom. The number of aromatic nitrogens is 1. The van der Waals surface area contributed by atoms with Crippen molar-refractivity contribution in [2.24, 2.45) is 0 Å². The summed E-state index contributed by atoms with van der Waals surface area (Å²) in [6, 6.07) is 0. The lowest BCUT2D eigenvalue weighted by atomic mass is 10.1. The first kappa shape index (κ1) is 10.6. The van der Waals surface area contributed by atoms with Crippen molar-refractivity contribution in [3.05, 3.63) is 22.5 Å². The molecule has 1 heterocycles. The Balaban J connectivity index is 3.45. The number of pyridine rings is 1. The lowest BCUT2D eigenvalue weighted by Crippen LogP contribution is -2.10. The van der Waals surface area contributed by atoms with Crippen molar-refractivity contribution >= 4 is 23.3 Å². The van der Waals surface area contributed by atoms with E-state index in [2.05, 4.69) is 4.98 Å². The maximum absolute atomic E-state index is 12.3. The third-order valence-corrected chi connectivity index (χ3v) is 1.82. The van der Waals surface area contributed by atoms with Gasteiger partial charge in [0, 0.05) is 6.20 Å². The van der Waals surface area contributed by atoms with Crippen LogP contribution in [-0.2, 0) is 0 Å². The average Bonchev–Trinajstić information content (AvgIpc) is 2.08. The maximum Gasteiger partial charge on any atom is 0.339 e. The van der Waals surface area contributed by atoms with Crippen LogP contribution in [0.5, 0.6) is 0 Å². The van der Waals surface area contributed by atoms with Crippen LogP contribution >= 0.6 is 11.6 Å². The summed E-state index contributed by atoms with van der Waals surface area (Å²) in [6.07, 6.45) is -2.11. The molecule has 4 nitrogen and oxygen atoms in total. The first-order valence-electron chi connectivity index (χ1n) is 3.40. The molecule has 14 heavy (non-hydrogen) atoms. The SMILES string of the molecule is Nc1c(Cl)cnc(C(F)F)c1C(=O)O. The number of alkyl halides is 2. The Labute approximate surface area is 82.3 Å². The zero-order valence-corrected chi connectivity index (χ0v) is 7.42. The van der Waals surface area contributed by atoms with E-state index in [-0.39, 0.29) is 5.02 Å². The fraction of sp³-hybridized carbons (Fsp3) is 0.143. The molecule has 0 aliphatic rings. The van der Waals surface area contributed by atoms with Crippen molar-refractivity contribution in [1.29, 1.82) is 0 Å². The molecule has 1 aromatic heterocycles. The van der Waals surface area contributed by atoms with Crippen LogP contribution in [0.3, 0.4) is 0 Å². The van der Waals surface area contributed by atoms with E-state index in [1.54, 1.807) is 0 Å². The highest BCUT2D eigenvalue weighted by Gasteiger charge is 2.23. The predicted molar refractivity (Wildman–Crippen MR) is 45.6 cm³/mol. The third kappa shape index (κ3) is 1.74. The van der Waals surface area contributed by atoms with Gasteiger partial charge in [-0.1, -0.05) is 11.6 Å². The van der Waals surface area contributed by atoms with Gasteiger partial charge in [-0.25, -0.2) is 13.6 Å². The van der Waals surface area contributed by atoms with E-state index in [9.17, 15) is 13.6 Å². The number of rotatable bonds is 2. The smallest absolute Gasteiger partial charge is 0.339 e. The van der Waals surface area contributed by atoms with Gasteiger partial charge in [0.1, 0.15) is 11.3 Å². The molecule has 0 saturated carbocycles. The summed E-state index contributed by atoms with van der Waals surface area (Å²) in [6.45, 7) is 0. The highest BCUT2D eigenvalue weighted by Crippen LogP contribution is 2.29. The Morgan fingerprint density at radius 3 is 2.64 bits per heavy atom. The quantitative estimate of drug-likeness (QED) is 0.802. The Kier molecular flexibility index (Phi) is 2.85. The van der Waals surface area contributed by atoms with Gasteiger partial charge in [0.2, 0.25) is 0 Å². The van der Waals surface area contributed by atoms with Crippen molar-refractivity contribution in [2.45, 2.75) is 6.43 Å². The largest absolute Gasteiger partial charge is 0.478 e. The van der Waals surface area contributed by atoms with Crippen LogP contribution in [-0.4, -0.2) is 16.1 Å². The summed E-state index contributed by atoms with van der Waals surface area (Å²) in [5, 5.41) is 8.45. The zero-order chi connectivity index (χ0) is 10.9. The minimum absolute atomic E-state index is 0.160. The number of aromatic carboxylic acids is 1. The van der Waals surface area contributed by atoms with Crippen LogP contribution in [0.4, 0.5) is 14.5 Å². The normalized spacial score (nSPS) is 10.6.